The molecule has 20 heavy (non-hydrogen) atoms. The fourth-order valence-corrected chi connectivity index (χ4v) is 4.50. The number of rotatable bonds is 4. The topological polar surface area (TPSA) is 46.2 Å². The first kappa shape index (κ1) is 16.0. The Morgan fingerprint density at radius 1 is 1.35 bits per heavy atom. The molecule has 1 aromatic carbocycles. The molecule has 0 radical (unpaired) electrons. The van der Waals surface area contributed by atoms with Crippen LogP contribution in [0.1, 0.15) is 44.2 Å². The van der Waals surface area contributed by atoms with E-state index in [0.717, 1.165) is 30.2 Å². The molecule has 0 bridgehead atoms. The molecule has 1 fully saturated rings. The van der Waals surface area contributed by atoms with Gasteiger partial charge in [-0.1, -0.05) is 34.5 Å². The molecule has 0 saturated heterocycles. The Labute approximate surface area is 130 Å². The van der Waals surface area contributed by atoms with E-state index in [1.165, 1.54) is 11.8 Å². The number of benzene rings is 1. The highest BCUT2D eigenvalue weighted by Gasteiger charge is 2.29. The maximum atomic E-state index is 11.7. The van der Waals surface area contributed by atoms with E-state index in [-0.39, 0.29) is 17.3 Å². The minimum Gasteiger partial charge on any atom is -0.307 e. The summed E-state index contributed by atoms with van der Waals surface area (Å²) in [6.45, 7) is 2.13. The van der Waals surface area contributed by atoms with Crippen molar-refractivity contribution in [1.29, 1.82) is 0 Å². The first-order valence-corrected chi connectivity index (χ1v) is 9.81. The van der Waals surface area contributed by atoms with Gasteiger partial charge >= 0.3 is 0 Å². The van der Waals surface area contributed by atoms with Crippen LogP contribution >= 0.6 is 15.9 Å². The van der Waals surface area contributed by atoms with Crippen molar-refractivity contribution in [1.82, 2.24) is 5.32 Å². The lowest BCUT2D eigenvalue weighted by molar-refractivity contribution is 0.346. The molecular weight excluding hydrogens is 338 g/mol. The molecule has 2 rings (SSSR count). The lowest BCUT2D eigenvalue weighted by atomic mass is 9.93. The van der Waals surface area contributed by atoms with Crippen molar-refractivity contribution in [2.24, 2.45) is 0 Å². The van der Waals surface area contributed by atoms with E-state index in [0.29, 0.717) is 0 Å². The molecule has 1 N–H and O–H groups in total. The standard InChI is InChI=1S/C15H22BrNO2S/c1-11(12-5-3-6-13(16)9-12)17-14-7-4-8-15(10-14)20(2,18)19/h3,5-6,9,11,14-15,17H,4,7-8,10H2,1-2H3/t11-,14?,15?/m1/s1. The third-order valence-electron chi connectivity index (χ3n) is 4.07. The van der Waals surface area contributed by atoms with E-state index >= 15 is 0 Å². The summed E-state index contributed by atoms with van der Waals surface area (Å²) in [4.78, 5) is 0. The van der Waals surface area contributed by atoms with Gasteiger partial charge in [0.1, 0.15) is 9.84 Å². The van der Waals surface area contributed by atoms with Crippen LogP contribution < -0.4 is 5.32 Å². The van der Waals surface area contributed by atoms with Gasteiger partial charge in [0.2, 0.25) is 0 Å². The Morgan fingerprint density at radius 3 is 2.75 bits per heavy atom. The molecular formula is C15H22BrNO2S. The summed E-state index contributed by atoms with van der Waals surface area (Å²) in [6.07, 6.45) is 4.95. The fraction of sp³-hybridized carbons (Fsp3) is 0.600. The Morgan fingerprint density at radius 2 is 2.10 bits per heavy atom. The second-order valence-corrected chi connectivity index (χ2v) is 9.00. The van der Waals surface area contributed by atoms with Crippen LogP contribution in [0.2, 0.25) is 0 Å². The van der Waals surface area contributed by atoms with Crippen molar-refractivity contribution in [3.05, 3.63) is 34.3 Å². The van der Waals surface area contributed by atoms with Gasteiger partial charge in [-0.3, -0.25) is 0 Å². The van der Waals surface area contributed by atoms with Crippen LogP contribution in [0.5, 0.6) is 0 Å². The molecule has 0 aliphatic heterocycles. The molecule has 1 saturated carbocycles. The van der Waals surface area contributed by atoms with Crippen molar-refractivity contribution in [2.45, 2.75) is 49.9 Å². The highest BCUT2D eigenvalue weighted by Crippen LogP contribution is 2.26. The lowest BCUT2D eigenvalue weighted by Gasteiger charge is -2.31. The van der Waals surface area contributed by atoms with Gasteiger partial charge < -0.3 is 5.32 Å². The van der Waals surface area contributed by atoms with Gasteiger partial charge in [-0.25, -0.2) is 8.42 Å². The largest absolute Gasteiger partial charge is 0.307 e. The molecule has 1 aliphatic carbocycles. The Balaban J connectivity index is 1.99. The fourth-order valence-electron chi connectivity index (χ4n) is 2.91. The van der Waals surface area contributed by atoms with Crippen molar-refractivity contribution in [3.8, 4) is 0 Å². The molecule has 1 aliphatic rings. The zero-order valence-corrected chi connectivity index (χ0v) is 14.4. The molecule has 3 nitrogen and oxygen atoms in total. The Hall–Kier alpha value is -0.390. The molecule has 0 spiro atoms. The van der Waals surface area contributed by atoms with Gasteiger partial charge in [-0.2, -0.15) is 0 Å². The van der Waals surface area contributed by atoms with Gasteiger partial charge in [0.15, 0.2) is 0 Å². The van der Waals surface area contributed by atoms with Crippen LogP contribution in [0.15, 0.2) is 28.7 Å². The summed E-state index contributed by atoms with van der Waals surface area (Å²) >= 11 is 3.48. The average molecular weight is 360 g/mol. The van der Waals surface area contributed by atoms with Gasteiger partial charge in [-0.05, 0) is 43.9 Å². The molecule has 2 unspecified atom stereocenters. The van der Waals surface area contributed by atoms with Crippen LogP contribution in [0.3, 0.4) is 0 Å². The molecule has 0 heterocycles. The highest BCUT2D eigenvalue weighted by molar-refractivity contribution is 9.10. The number of sulfone groups is 1. The Kier molecular flexibility index (Phi) is 5.26. The van der Waals surface area contributed by atoms with Gasteiger partial charge in [0, 0.05) is 22.8 Å². The second kappa shape index (κ2) is 6.58. The van der Waals surface area contributed by atoms with Crippen molar-refractivity contribution >= 4 is 25.8 Å². The summed E-state index contributed by atoms with van der Waals surface area (Å²) in [6, 6.07) is 8.76. The summed E-state index contributed by atoms with van der Waals surface area (Å²) < 4.78 is 24.5. The quantitative estimate of drug-likeness (QED) is 0.895. The van der Waals surface area contributed by atoms with E-state index in [9.17, 15) is 8.42 Å². The summed E-state index contributed by atoms with van der Waals surface area (Å²) in [5, 5.41) is 3.40. The third-order valence-corrected chi connectivity index (χ3v) is 6.20. The van der Waals surface area contributed by atoms with Gasteiger partial charge in [0.05, 0.1) is 5.25 Å². The average Bonchev–Trinajstić information content (AvgIpc) is 2.38. The molecule has 5 heteroatoms. The highest BCUT2D eigenvalue weighted by atomic mass is 79.9. The SMILES string of the molecule is C[C@@H](NC1CCCC(S(C)(=O)=O)C1)c1cccc(Br)c1. The normalized spacial score (nSPS) is 25.4. The van der Waals surface area contributed by atoms with Crippen molar-refractivity contribution < 1.29 is 8.42 Å². The molecule has 112 valence electrons. The Bertz CT molecular complexity index is 559. The number of hydrogen-bond acceptors (Lipinski definition) is 3. The molecule has 3 atom stereocenters. The molecule has 0 amide bonds. The summed E-state index contributed by atoms with van der Waals surface area (Å²) in [5.41, 5.74) is 1.22. The van der Waals surface area contributed by atoms with E-state index in [4.69, 9.17) is 0 Å². The monoisotopic (exact) mass is 359 g/mol. The van der Waals surface area contributed by atoms with Crippen LogP contribution in [-0.4, -0.2) is 26.0 Å². The van der Waals surface area contributed by atoms with Crippen LogP contribution in [0, 0.1) is 0 Å². The maximum absolute atomic E-state index is 11.7. The van der Waals surface area contributed by atoms with Crippen molar-refractivity contribution in [2.75, 3.05) is 6.26 Å². The van der Waals surface area contributed by atoms with E-state index in [1.54, 1.807) is 0 Å². The van der Waals surface area contributed by atoms with E-state index in [1.807, 2.05) is 12.1 Å². The zero-order chi connectivity index (χ0) is 14.8. The number of nitrogens with one attached hydrogen (secondary N) is 1. The lowest BCUT2D eigenvalue weighted by Crippen LogP contribution is -2.39. The first-order valence-electron chi connectivity index (χ1n) is 7.06. The smallest absolute Gasteiger partial charge is 0.150 e. The predicted molar refractivity (Wildman–Crippen MR) is 86.6 cm³/mol. The molecule has 0 aromatic heterocycles. The molecule has 1 aromatic rings. The van der Waals surface area contributed by atoms with Crippen LogP contribution in [0.4, 0.5) is 0 Å². The third kappa shape index (κ3) is 4.30. The van der Waals surface area contributed by atoms with Crippen LogP contribution in [0.25, 0.3) is 0 Å². The number of hydrogen-bond donors (Lipinski definition) is 1. The van der Waals surface area contributed by atoms with E-state index in [2.05, 4.69) is 40.3 Å². The first-order chi connectivity index (χ1) is 9.36. The number of halogens is 1. The van der Waals surface area contributed by atoms with Gasteiger partial charge in [0.25, 0.3) is 0 Å². The van der Waals surface area contributed by atoms with E-state index < -0.39 is 9.84 Å². The zero-order valence-electron chi connectivity index (χ0n) is 12.0. The second-order valence-electron chi connectivity index (χ2n) is 5.76. The summed E-state index contributed by atoms with van der Waals surface area (Å²) in [5.74, 6) is 0. The minimum atomic E-state index is -2.91. The van der Waals surface area contributed by atoms with Crippen molar-refractivity contribution in [3.63, 3.8) is 0 Å². The minimum absolute atomic E-state index is 0.177. The summed E-state index contributed by atoms with van der Waals surface area (Å²) in [7, 11) is -2.91. The van der Waals surface area contributed by atoms with Crippen LogP contribution in [-0.2, 0) is 9.84 Å². The predicted octanol–water partition coefficient (Wildman–Crippen LogP) is 3.46. The van der Waals surface area contributed by atoms with Gasteiger partial charge in [-0.15, -0.1) is 0 Å². The maximum Gasteiger partial charge on any atom is 0.150 e.